The van der Waals surface area contributed by atoms with Gasteiger partial charge >= 0.3 is 18.1 Å². The van der Waals surface area contributed by atoms with Crippen LogP contribution in [-0.2, 0) is 15.7 Å². The minimum atomic E-state index is -5.10. The molecular weight excluding hydrogens is 304 g/mol. The molecule has 1 aromatic carbocycles. The van der Waals surface area contributed by atoms with Gasteiger partial charge in [-0.15, -0.1) is 0 Å². The molecule has 3 nitrogen and oxygen atoms in total. The molecule has 0 spiro atoms. The Balaban J connectivity index is 3.30. The Bertz CT molecular complexity index is 529. The lowest BCUT2D eigenvalue weighted by Crippen LogP contribution is -2.42. The second-order valence-electron chi connectivity index (χ2n) is 4.05. The zero-order valence-corrected chi connectivity index (χ0v) is 10.7. The van der Waals surface area contributed by atoms with Crippen molar-refractivity contribution >= 4 is 5.97 Å². The number of nitrogens with two attached hydrogens (primary N) is 1. The quantitative estimate of drug-likeness (QED) is 0.686. The van der Waals surface area contributed by atoms with E-state index in [-0.39, 0.29) is 6.07 Å². The summed E-state index contributed by atoms with van der Waals surface area (Å²) in [6.07, 6.45) is -5.10. The number of carbonyl (C=O) groups is 1. The Kier molecular flexibility index (Phi) is 4.87. The van der Waals surface area contributed by atoms with Crippen molar-refractivity contribution in [1.82, 2.24) is 0 Å². The third kappa shape index (κ3) is 3.66. The summed E-state index contributed by atoms with van der Waals surface area (Å²) in [7, 11) is 0. The highest BCUT2D eigenvalue weighted by Crippen LogP contribution is 2.39. The molecule has 0 aliphatic heterocycles. The normalized spacial score (nSPS) is 13.9. The molecule has 0 aromatic heterocycles. The molecule has 1 atom stereocenters. The van der Waals surface area contributed by atoms with Gasteiger partial charge in [0.25, 0.3) is 0 Å². The summed E-state index contributed by atoms with van der Waals surface area (Å²) in [5, 5.41) is 0. The number of halogens is 6. The van der Waals surface area contributed by atoms with Crippen molar-refractivity contribution < 1.29 is 35.9 Å². The van der Waals surface area contributed by atoms with Crippen molar-refractivity contribution in [3.63, 3.8) is 0 Å². The summed E-state index contributed by atoms with van der Waals surface area (Å²) in [6, 6.07) is -1.56. The first-order valence-electron chi connectivity index (χ1n) is 5.69. The monoisotopic (exact) mass is 315 g/mol. The van der Waals surface area contributed by atoms with Crippen molar-refractivity contribution in [2.45, 2.75) is 25.1 Å². The Labute approximate surface area is 115 Å². The molecule has 0 aliphatic rings. The van der Waals surface area contributed by atoms with Crippen molar-refractivity contribution in [1.29, 1.82) is 0 Å². The van der Waals surface area contributed by atoms with E-state index in [0.717, 1.165) is 0 Å². The Morgan fingerprint density at radius 2 is 1.86 bits per heavy atom. The van der Waals surface area contributed by atoms with Crippen LogP contribution in [0.1, 0.15) is 24.1 Å². The van der Waals surface area contributed by atoms with Gasteiger partial charge in [0.1, 0.15) is 11.9 Å². The van der Waals surface area contributed by atoms with Crippen LogP contribution in [0.15, 0.2) is 18.2 Å². The maximum Gasteiger partial charge on any atom is 0.416 e. The molecule has 0 saturated carbocycles. The van der Waals surface area contributed by atoms with Crippen LogP contribution in [0.3, 0.4) is 0 Å². The summed E-state index contributed by atoms with van der Waals surface area (Å²) in [5.74, 6) is -7.69. The fourth-order valence-electron chi connectivity index (χ4n) is 1.59. The van der Waals surface area contributed by atoms with Gasteiger partial charge in [-0.1, -0.05) is 6.07 Å². The molecule has 0 saturated heterocycles. The average molecular weight is 315 g/mol. The number of rotatable bonds is 4. The maximum atomic E-state index is 13.7. The van der Waals surface area contributed by atoms with Gasteiger partial charge in [0.2, 0.25) is 0 Å². The summed E-state index contributed by atoms with van der Waals surface area (Å²) in [6.45, 7) is 0.856. The van der Waals surface area contributed by atoms with Gasteiger partial charge in [0.05, 0.1) is 12.2 Å². The van der Waals surface area contributed by atoms with Gasteiger partial charge in [0.15, 0.2) is 0 Å². The lowest BCUT2D eigenvalue weighted by Gasteiger charge is -2.24. The summed E-state index contributed by atoms with van der Waals surface area (Å²) < 4.78 is 82.6. The fourth-order valence-corrected chi connectivity index (χ4v) is 1.59. The van der Waals surface area contributed by atoms with E-state index >= 15 is 0 Å². The molecule has 0 heterocycles. The highest BCUT2D eigenvalue weighted by atomic mass is 19.4. The molecule has 0 bridgehead atoms. The summed E-state index contributed by atoms with van der Waals surface area (Å²) in [4.78, 5) is 11.1. The van der Waals surface area contributed by atoms with Gasteiger partial charge in [0, 0.05) is 0 Å². The van der Waals surface area contributed by atoms with E-state index in [1.54, 1.807) is 0 Å². The van der Waals surface area contributed by atoms with Gasteiger partial charge in [-0.25, -0.2) is 9.18 Å². The van der Waals surface area contributed by atoms with Crippen LogP contribution in [0.25, 0.3) is 0 Å². The van der Waals surface area contributed by atoms with E-state index in [9.17, 15) is 31.1 Å². The third-order valence-corrected chi connectivity index (χ3v) is 2.59. The lowest BCUT2D eigenvalue weighted by atomic mass is 9.95. The first-order chi connectivity index (χ1) is 9.51. The van der Waals surface area contributed by atoms with E-state index in [0.29, 0.717) is 12.1 Å². The summed E-state index contributed by atoms with van der Waals surface area (Å²) in [5.41, 5.74) is 2.32. The predicted molar refractivity (Wildman–Crippen MR) is 59.9 cm³/mol. The van der Waals surface area contributed by atoms with Crippen molar-refractivity contribution in [3.05, 3.63) is 35.1 Å². The van der Waals surface area contributed by atoms with Gasteiger partial charge in [-0.3, -0.25) is 0 Å². The van der Waals surface area contributed by atoms with Gasteiger partial charge < -0.3 is 10.5 Å². The molecule has 9 heteroatoms. The largest absolute Gasteiger partial charge is 0.462 e. The molecule has 0 radical (unpaired) electrons. The third-order valence-electron chi connectivity index (χ3n) is 2.59. The van der Waals surface area contributed by atoms with Crippen LogP contribution in [0, 0.1) is 5.82 Å². The zero-order valence-electron chi connectivity index (χ0n) is 10.7. The number of benzene rings is 1. The molecule has 0 fully saturated rings. The number of hydrogen-bond donors (Lipinski definition) is 1. The van der Waals surface area contributed by atoms with Crippen LogP contribution in [0.4, 0.5) is 26.3 Å². The number of alkyl halides is 5. The lowest BCUT2D eigenvalue weighted by molar-refractivity contribution is -0.175. The van der Waals surface area contributed by atoms with Crippen molar-refractivity contribution in [2.75, 3.05) is 6.61 Å². The Morgan fingerprint density at radius 1 is 1.29 bits per heavy atom. The van der Waals surface area contributed by atoms with Gasteiger partial charge in [-0.05, 0) is 24.6 Å². The second kappa shape index (κ2) is 5.92. The van der Waals surface area contributed by atoms with Crippen LogP contribution in [0.5, 0.6) is 0 Å². The van der Waals surface area contributed by atoms with Crippen molar-refractivity contribution in [3.8, 4) is 0 Å². The van der Waals surface area contributed by atoms with Gasteiger partial charge in [-0.2, -0.15) is 22.0 Å². The average Bonchev–Trinajstić information content (AvgIpc) is 2.37. The highest BCUT2D eigenvalue weighted by Gasteiger charge is 2.50. The molecule has 21 heavy (non-hydrogen) atoms. The minimum Gasteiger partial charge on any atom is -0.462 e. The Hall–Kier alpha value is -1.77. The smallest absolute Gasteiger partial charge is 0.416 e. The van der Waals surface area contributed by atoms with E-state index in [2.05, 4.69) is 4.74 Å². The molecule has 118 valence electrons. The van der Waals surface area contributed by atoms with Crippen LogP contribution >= 0.6 is 0 Å². The highest BCUT2D eigenvalue weighted by molar-refractivity contribution is 5.79. The standard InChI is InChI=1S/C12H11F6NO2/c1-2-21-10(20)11(14,15)9(19)7-4-3-6(13)5-8(7)12(16,17)18/h3-5,9H,2,19H2,1H3/t9-/m1/s1. The molecular formula is C12H11F6NO2. The predicted octanol–water partition coefficient (Wildman–Crippen LogP) is 3.04. The number of carbonyl (C=O) groups excluding carboxylic acids is 1. The molecule has 2 N–H and O–H groups in total. The first kappa shape index (κ1) is 17.3. The summed E-state index contributed by atoms with van der Waals surface area (Å²) >= 11 is 0. The maximum absolute atomic E-state index is 13.7. The minimum absolute atomic E-state index is 0.0381. The van der Waals surface area contributed by atoms with E-state index in [1.165, 1.54) is 6.92 Å². The topological polar surface area (TPSA) is 52.3 Å². The van der Waals surface area contributed by atoms with E-state index < -0.39 is 47.7 Å². The van der Waals surface area contributed by atoms with Crippen molar-refractivity contribution in [2.24, 2.45) is 5.73 Å². The van der Waals surface area contributed by atoms with E-state index in [1.807, 2.05) is 0 Å². The molecule has 0 amide bonds. The van der Waals surface area contributed by atoms with Crippen LogP contribution in [0.2, 0.25) is 0 Å². The first-order valence-corrected chi connectivity index (χ1v) is 5.69. The second-order valence-corrected chi connectivity index (χ2v) is 4.05. The molecule has 1 rings (SSSR count). The van der Waals surface area contributed by atoms with E-state index in [4.69, 9.17) is 5.73 Å². The Morgan fingerprint density at radius 3 is 2.33 bits per heavy atom. The number of esters is 1. The van der Waals surface area contributed by atoms with Crippen LogP contribution in [-0.4, -0.2) is 18.5 Å². The molecule has 1 aromatic rings. The number of hydrogen-bond acceptors (Lipinski definition) is 3. The van der Waals surface area contributed by atoms with Crippen LogP contribution < -0.4 is 5.73 Å². The SMILES string of the molecule is CCOC(=O)C(F)(F)[C@H](N)c1ccc(F)cc1C(F)(F)F. The fraction of sp³-hybridized carbons (Fsp3) is 0.417. The molecule has 0 unspecified atom stereocenters. The zero-order chi connectivity index (χ0) is 16.4. The number of ether oxygens (including phenoxy) is 1. The molecule has 0 aliphatic carbocycles.